The molecule has 7 heteroatoms. The predicted molar refractivity (Wildman–Crippen MR) is 79.4 cm³/mol. The summed E-state index contributed by atoms with van der Waals surface area (Å²) in [4.78, 5) is 31.5. The molecule has 0 aliphatic heterocycles. The Morgan fingerprint density at radius 2 is 2.19 bits per heavy atom. The van der Waals surface area contributed by atoms with Crippen molar-refractivity contribution in [3.8, 4) is 0 Å². The fraction of sp³-hybridized carbons (Fsp3) is 0.286. The maximum atomic E-state index is 12.0. The maximum absolute atomic E-state index is 12.0. The van der Waals surface area contributed by atoms with Gasteiger partial charge >= 0.3 is 5.97 Å². The fourth-order valence-corrected chi connectivity index (χ4v) is 2.36. The number of aromatic nitrogens is 2. The van der Waals surface area contributed by atoms with Crippen molar-refractivity contribution in [1.82, 2.24) is 9.97 Å². The van der Waals surface area contributed by atoms with Gasteiger partial charge in [0.25, 0.3) is 5.91 Å². The van der Waals surface area contributed by atoms with Crippen molar-refractivity contribution < 1.29 is 14.3 Å². The van der Waals surface area contributed by atoms with Gasteiger partial charge in [0.15, 0.2) is 5.13 Å². The molecule has 0 radical (unpaired) electrons. The molecule has 0 spiro atoms. The molecule has 0 saturated carbocycles. The second-order valence-corrected chi connectivity index (χ2v) is 5.19. The van der Waals surface area contributed by atoms with Crippen LogP contribution in [0, 0.1) is 6.92 Å². The number of amides is 1. The normalized spacial score (nSPS) is 10.2. The Kier molecular flexibility index (Phi) is 4.99. The number of rotatable bonds is 5. The predicted octanol–water partition coefficient (Wildman–Crippen LogP) is 2.20. The highest BCUT2D eigenvalue weighted by atomic mass is 32.1. The van der Waals surface area contributed by atoms with Crippen LogP contribution in [0.4, 0.5) is 5.13 Å². The lowest BCUT2D eigenvalue weighted by Gasteiger charge is -2.02. The first-order valence-electron chi connectivity index (χ1n) is 6.41. The number of ether oxygens (including phenoxy) is 1. The highest BCUT2D eigenvalue weighted by molar-refractivity contribution is 7.14. The molecule has 2 rings (SSSR count). The zero-order chi connectivity index (χ0) is 15.2. The van der Waals surface area contributed by atoms with Gasteiger partial charge in [0.1, 0.15) is 0 Å². The molecule has 2 aromatic rings. The van der Waals surface area contributed by atoms with Crippen molar-refractivity contribution in [2.45, 2.75) is 20.3 Å². The van der Waals surface area contributed by atoms with E-state index in [0.29, 0.717) is 23.0 Å². The van der Waals surface area contributed by atoms with Gasteiger partial charge in [-0.25, -0.2) is 4.98 Å². The quantitative estimate of drug-likeness (QED) is 0.856. The number of carbonyl (C=O) groups is 2. The third-order valence-electron chi connectivity index (χ3n) is 2.54. The van der Waals surface area contributed by atoms with Gasteiger partial charge in [0, 0.05) is 17.8 Å². The van der Waals surface area contributed by atoms with Gasteiger partial charge in [-0.2, -0.15) is 0 Å². The van der Waals surface area contributed by atoms with Crippen LogP contribution in [-0.4, -0.2) is 28.5 Å². The second-order valence-electron chi connectivity index (χ2n) is 4.33. The van der Waals surface area contributed by atoms with E-state index in [-0.39, 0.29) is 18.3 Å². The first-order chi connectivity index (χ1) is 10.1. The standard InChI is InChI=1S/C14H15N3O3S/c1-3-20-12(18)5-11-8-21-14(16-11)17-13(19)10-4-9(2)6-15-7-10/h4,6-8H,3,5H2,1-2H3,(H,16,17,19). The van der Waals surface area contributed by atoms with Crippen LogP contribution in [0.15, 0.2) is 23.8 Å². The summed E-state index contributed by atoms with van der Waals surface area (Å²) >= 11 is 1.27. The molecule has 110 valence electrons. The zero-order valence-corrected chi connectivity index (χ0v) is 12.6. The number of anilines is 1. The number of nitrogens with one attached hydrogen (secondary N) is 1. The van der Waals surface area contributed by atoms with Crippen molar-refractivity contribution in [2.75, 3.05) is 11.9 Å². The molecule has 0 fully saturated rings. The highest BCUT2D eigenvalue weighted by Crippen LogP contribution is 2.17. The summed E-state index contributed by atoms with van der Waals surface area (Å²) in [6.07, 6.45) is 3.28. The lowest BCUT2D eigenvalue weighted by Crippen LogP contribution is -2.12. The van der Waals surface area contributed by atoms with E-state index < -0.39 is 0 Å². The molecule has 1 amide bonds. The number of aryl methyl sites for hydroxylation is 1. The molecule has 2 heterocycles. The van der Waals surface area contributed by atoms with Crippen LogP contribution < -0.4 is 5.32 Å². The summed E-state index contributed by atoms with van der Waals surface area (Å²) in [5.74, 6) is -0.605. The molecule has 0 saturated heterocycles. The molecule has 21 heavy (non-hydrogen) atoms. The van der Waals surface area contributed by atoms with Crippen LogP contribution in [0.25, 0.3) is 0 Å². The van der Waals surface area contributed by atoms with E-state index in [1.165, 1.54) is 17.5 Å². The summed E-state index contributed by atoms with van der Waals surface area (Å²) in [5, 5.41) is 4.86. The largest absolute Gasteiger partial charge is 0.466 e. The van der Waals surface area contributed by atoms with E-state index >= 15 is 0 Å². The number of hydrogen-bond acceptors (Lipinski definition) is 6. The Morgan fingerprint density at radius 1 is 1.38 bits per heavy atom. The van der Waals surface area contributed by atoms with E-state index in [1.807, 2.05) is 6.92 Å². The van der Waals surface area contributed by atoms with E-state index in [4.69, 9.17) is 4.74 Å². The van der Waals surface area contributed by atoms with Gasteiger partial charge < -0.3 is 4.74 Å². The molecule has 6 nitrogen and oxygen atoms in total. The minimum atomic E-state index is -0.330. The minimum absolute atomic E-state index is 0.103. The Labute approximate surface area is 126 Å². The molecule has 1 N–H and O–H groups in total. The van der Waals surface area contributed by atoms with Crippen LogP contribution in [0.3, 0.4) is 0 Å². The number of esters is 1. The van der Waals surface area contributed by atoms with Gasteiger partial charge in [-0.1, -0.05) is 0 Å². The average Bonchev–Trinajstić information content (AvgIpc) is 2.86. The van der Waals surface area contributed by atoms with E-state index in [2.05, 4.69) is 15.3 Å². The summed E-state index contributed by atoms with van der Waals surface area (Å²) in [6, 6.07) is 1.75. The topological polar surface area (TPSA) is 81.2 Å². The third kappa shape index (κ3) is 4.35. The molecule has 2 aromatic heterocycles. The van der Waals surface area contributed by atoms with Crippen molar-refractivity contribution in [3.63, 3.8) is 0 Å². The number of carbonyl (C=O) groups excluding carboxylic acids is 2. The van der Waals surface area contributed by atoms with Crippen molar-refractivity contribution in [1.29, 1.82) is 0 Å². The molecule has 0 bridgehead atoms. The lowest BCUT2D eigenvalue weighted by atomic mass is 10.2. The summed E-state index contributed by atoms with van der Waals surface area (Å²) in [7, 11) is 0. The number of thiazole rings is 1. The zero-order valence-electron chi connectivity index (χ0n) is 11.8. The Hall–Kier alpha value is -2.28. The Balaban J connectivity index is 1.99. The van der Waals surface area contributed by atoms with Gasteiger partial charge in [-0.3, -0.25) is 19.9 Å². The van der Waals surface area contributed by atoms with Gasteiger partial charge in [-0.05, 0) is 25.5 Å². The molecule has 0 aliphatic carbocycles. The van der Waals surface area contributed by atoms with Crippen molar-refractivity contribution in [3.05, 3.63) is 40.7 Å². The fourth-order valence-electron chi connectivity index (χ4n) is 1.65. The van der Waals surface area contributed by atoms with Crippen molar-refractivity contribution >= 4 is 28.3 Å². The van der Waals surface area contributed by atoms with Crippen LogP contribution in [-0.2, 0) is 16.0 Å². The first kappa shape index (κ1) is 15.1. The van der Waals surface area contributed by atoms with Crippen LogP contribution in [0.1, 0.15) is 28.5 Å². The monoisotopic (exact) mass is 305 g/mol. The van der Waals surface area contributed by atoms with Crippen LogP contribution >= 0.6 is 11.3 Å². The number of nitrogens with zero attached hydrogens (tertiary/aromatic N) is 2. The van der Waals surface area contributed by atoms with E-state index in [0.717, 1.165) is 5.56 Å². The summed E-state index contributed by atoms with van der Waals surface area (Å²) in [5.41, 5.74) is 1.96. The van der Waals surface area contributed by atoms with E-state index in [1.54, 1.807) is 24.6 Å². The summed E-state index contributed by atoms with van der Waals surface area (Å²) < 4.78 is 4.85. The van der Waals surface area contributed by atoms with Gasteiger partial charge in [0.05, 0.1) is 24.3 Å². The average molecular weight is 305 g/mol. The third-order valence-corrected chi connectivity index (χ3v) is 3.35. The second kappa shape index (κ2) is 6.94. The maximum Gasteiger partial charge on any atom is 0.311 e. The SMILES string of the molecule is CCOC(=O)Cc1csc(NC(=O)c2cncc(C)c2)n1. The number of pyridine rings is 1. The van der Waals surface area contributed by atoms with E-state index in [9.17, 15) is 9.59 Å². The Morgan fingerprint density at radius 3 is 2.90 bits per heavy atom. The molecule has 0 aromatic carbocycles. The summed E-state index contributed by atoms with van der Waals surface area (Å²) in [6.45, 7) is 3.96. The van der Waals surface area contributed by atoms with Crippen molar-refractivity contribution in [2.24, 2.45) is 0 Å². The molecular formula is C14H15N3O3S. The number of hydrogen-bond donors (Lipinski definition) is 1. The first-order valence-corrected chi connectivity index (χ1v) is 7.29. The minimum Gasteiger partial charge on any atom is -0.466 e. The Bertz CT molecular complexity index is 654. The van der Waals surface area contributed by atoms with Crippen LogP contribution in [0.2, 0.25) is 0 Å². The molecule has 0 unspecified atom stereocenters. The molecule has 0 aliphatic rings. The lowest BCUT2D eigenvalue weighted by molar-refractivity contribution is -0.142. The van der Waals surface area contributed by atoms with Gasteiger partial charge in [-0.15, -0.1) is 11.3 Å². The van der Waals surface area contributed by atoms with Gasteiger partial charge in [0.2, 0.25) is 0 Å². The smallest absolute Gasteiger partial charge is 0.311 e. The molecular weight excluding hydrogens is 290 g/mol. The van der Waals surface area contributed by atoms with Crippen LogP contribution in [0.5, 0.6) is 0 Å². The highest BCUT2D eigenvalue weighted by Gasteiger charge is 2.12. The molecule has 0 atom stereocenters.